The van der Waals surface area contributed by atoms with E-state index in [1.807, 2.05) is 6.92 Å². The van der Waals surface area contributed by atoms with Gasteiger partial charge in [0.1, 0.15) is 0 Å². The van der Waals surface area contributed by atoms with Gasteiger partial charge in [0.05, 0.1) is 25.8 Å². The van der Waals surface area contributed by atoms with Crippen LogP contribution < -0.4 is 9.47 Å². The van der Waals surface area contributed by atoms with Crippen molar-refractivity contribution in [2.24, 2.45) is 0 Å². The van der Waals surface area contributed by atoms with E-state index in [1.54, 1.807) is 31.4 Å². The highest BCUT2D eigenvalue weighted by Crippen LogP contribution is 2.33. The summed E-state index contributed by atoms with van der Waals surface area (Å²) in [7, 11) is 0.739. The topological polar surface area (TPSA) is 111 Å². The molecule has 2 heterocycles. The monoisotopic (exact) mass is 386 g/mol. The summed E-state index contributed by atoms with van der Waals surface area (Å²) in [4.78, 5) is 20.2. The van der Waals surface area contributed by atoms with Gasteiger partial charge in [-0.3, -0.25) is 4.79 Å². The summed E-state index contributed by atoms with van der Waals surface area (Å²) in [6.07, 6.45) is 1.05. The van der Waals surface area contributed by atoms with Crippen LogP contribution in [0.15, 0.2) is 24.3 Å². The minimum Gasteiger partial charge on any atom is -0.493 e. The molecule has 1 atom stereocenters. The van der Waals surface area contributed by atoms with Crippen LogP contribution >= 0.6 is 0 Å². The van der Waals surface area contributed by atoms with Gasteiger partial charge in [0, 0.05) is 23.8 Å². The van der Waals surface area contributed by atoms with Gasteiger partial charge in [0.15, 0.2) is 17.3 Å². The largest absolute Gasteiger partial charge is 0.493 e. The number of nitrogens with zero attached hydrogens (tertiary/aromatic N) is 2. The van der Waals surface area contributed by atoms with E-state index in [0.29, 0.717) is 53.8 Å². The fraction of sp³-hybridized carbons (Fsp3) is 0.421. The second kappa shape index (κ2) is 9.03. The fourth-order valence-corrected chi connectivity index (χ4v) is 3.06. The van der Waals surface area contributed by atoms with Gasteiger partial charge in [-0.1, -0.05) is 6.92 Å². The molecule has 0 bridgehead atoms. The average Bonchev–Trinajstić information content (AvgIpc) is 3.11. The van der Waals surface area contributed by atoms with Crippen molar-refractivity contribution in [3.05, 3.63) is 35.7 Å². The number of carbonyl (C=O) groups is 1. The van der Waals surface area contributed by atoms with Crippen LogP contribution in [0.4, 0.5) is 0 Å². The number of methoxy groups -OCH3 is 1. The lowest BCUT2D eigenvalue weighted by Gasteiger charge is -2.14. The molecule has 8 nitrogen and oxygen atoms in total. The molecule has 1 unspecified atom stereocenters. The number of aromatic nitrogens is 2. The maximum absolute atomic E-state index is 11.2. The molecule has 0 saturated carbocycles. The van der Waals surface area contributed by atoms with E-state index in [0.717, 1.165) is 6.42 Å². The maximum Gasteiger partial charge on any atom is 0.454 e. The fourth-order valence-electron chi connectivity index (χ4n) is 3.06. The van der Waals surface area contributed by atoms with Gasteiger partial charge in [0.25, 0.3) is 0 Å². The molecule has 1 aromatic carbocycles. The van der Waals surface area contributed by atoms with Crippen molar-refractivity contribution in [3.8, 4) is 22.9 Å². The molecule has 1 aromatic heterocycles. The van der Waals surface area contributed by atoms with Crippen LogP contribution in [-0.2, 0) is 15.9 Å². The van der Waals surface area contributed by atoms with Crippen LogP contribution in [0.5, 0.6) is 11.5 Å². The Morgan fingerprint density at radius 2 is 2.14 bits per heavy atom. The van der Waals surface area contributed by atoms with Crippen molar-refractivity contribution in [3.63, 3.8) is 0 Å². The SMILES string of the molecule is CCCOc1cc(-c2nc(CC(=O)O)cc(C3COB(O)C3)n2)ccc1OC. The molecule has 9 heteroatoms. The molecular weight excluding hydrogens is 363 g/mol. The number of hydrogen-bond donors (Lipinski definition) is 2. The number of aliphatic carboxylic acids is 1. The first-order valence-corrected chi connectivity index (χ1v) is 9.20. The first kappa shape index (κ1) is 20.1. The van der Waals surface area contributed by atoms with Gasteiger partial charge >= 0.3 is 13.1 Å². The average molecular weight is 386 g/mol. The molecule has 0 spiro atoms. The first-order chi connectivity index (χ1) is 13.5. The van der Waals surface area contributed by atoms with Crippen molar-refractivity contribution in [2.75, 3.05) is 20.3 Å². The van der Waals surface area contributed by atoms with E-state index in [4.69, 9.17) is 14.1 Å². The Balaban J connectivity index is 2.00. The van der Waals surface area contributed by atoms with E-state index in [2.05, 4.69) is 9.97 Å². The smallest absolute Gasteiger partial charge is 0.454 e. The normalized spacial score (nSPS) is 16.2. The lowest BCUT2D eigenvalue weighted by atomic mass is 9.81. The van der Waals surface area contributed by atoms with Crippen LogP contribution in [-0.4, -0.2) is 53.5 Å². The second-order valence-corrected chi connectivity index (χ2v) is 6.61. The summed E-state index contributed by atoms with van der Waals surface area (Å²) in [6, 6.07) is 7.04. The number of hydrogen-bond acceptors (Lipinski definition) is 7. The van der Waals surface area contributed by atoms with Gasteiger partial charge in [-0.25, -0.2) is 9.97 Å². The van der Waals surface area contributed by atoms with Crippen molar-refractivity contribution in [2.45, 2.75) is 32.0 Å². The van der Waals surface area contributed by atoms with Gasteiger partial charge < -0.3 is 24.3 Å². The molecule has 0 radical (unpaired) electrons. The molecule has 1 saturated heterocycles. The van der Waals surface area contributed by atoms with E-state index in [-0.39, 0.29) is 12.3 Å². The predicted molar refractivity (Wildman–Crippen MR) is 103 cm³/mol. The molecule has 1 aliphatic heterocycles. The summed E-state index contributed by atoms with van der Waals surface area (Å²) < 4.78 is 16.3. The molecule has 2 N–H and O–H groups in total. The number of ether oxygens (including phenoxy) is 2. The molecule has 0 aliphatic carbocycles. The van der Waals surface area contributed by atoms with E-state index in [9.17, 15) is 14.9 Å². The lowest BCUT2D eigenvalue weighted by Crippen LogP contribution is -2.10. The van der Waals surface area contributed by atoms with Gasteiger partial charge in [-0.2, -0.15) is 0 Å². The number of benzene rings is 1. The van der Waals surface area contributed by atoms with Crippen molar-refractivity contribution in [1.82, 2.24) is 9.97 Å². The zero-order valence-electron chi connectivity index (χ0n) is 15.9. The summed E-state index contributed by atoms with van der Waals surface area (Å²) in [5, 5.41) is 18.8. The van der Waals surface area contributed by atoms with Crippen LogP contribution in [0, 0.1) is 0 Å². The Labute approximate surface area is 163 Å². The second-order valence-electron chi connectivity index (χ2n) is 6.61. The summed E-state index contributed by atoms with van der Waals surface area (Å²) in [5.74, 6) is 0.499. The third kappa shape index (κ3) is 4.79. The minimum absolute atomic E-state index is 0.113. The van der Waals surface area contributed by atoms with Crippen molar-refractivity contribution in [1.29, 1.82) is 0 Å². The van der Waals surface area contributed by atoms with Crippen molar-refractivity contribution < 1.29 is 29.1 Å². The van der Waals surface area contributed by atoms with E-state index >= 15 is 0 Å². The Morgan fingerprint density at radius 3 is 2.79 bits per heavy atom. The van der Waals surface area contributed by atoms with Gasteiger partial charge in [-0.15, -0.1) is 0 Å². The third-order valence-electron chi connectivity index (χ3n) is 4.41. The number of rotatable bonds is 8. The summed E-state index contributed by atoms with van der Waals surface area (Å²) >= 11 is 0. The summed E-state index contributed by atoms with van der Waals surface area (Å²) in [6.45, 7) is 2.89. The molecule has 3 rings (SSSR count). The van der Waals surface area contributed by atoms with Gasteiger partial charge in [-0.05, 0) is 37.0 Å². The van der Waals surface area contributed by atoms with E-state index < -0.39 is 13.1 Å². The standard InChI is InChI=1S/C19H23BN2O6/c1-3-6-27-17-7-12(4-5-16(17)26-2)19-21-14(9-18(23)24)8-15(22-19)13-10-20(25)28-11-13/h4-5,7-8,13,25H,3,6,9-11H2,1-2H3,(H,23,24). The first-order valence-electron chi connectivity index (χ1n) is 9.20. The molecule has 1 fully saturated rings. The van der Waals surface area contributed by atoms with Crippen LogP contribution in [0.1, 0.15) is 30.7 Å². The summed E-state index contributed by atoms with van der Waals surface area (Å²) in [5.41, 5.74) is 1.75. The lowest BCUT2D eigenvalue weighted by molar-refractivity contribution is -0.136. The highest BCUT2D eigenvalue weighted by atomic mass is 16.5. The molecular formula is C19H23BN2O6. The third-order valence-corrected chi connectivity index (χ3v) is 4.41. The Kier molecular flexibility index (Phi) is 6.48. The van der Waals surface area contributed by atoms with E-state index in [1.165, 1.54) is 0 Å². The van der Waals surface area contributed by atoms with Crippen molar-refractivity contribution >= 4 is 13.1 Å². The molecule has 148 valence electrons. The zero-order valence-corrected chi connectivity index (χ0v) is 15.9. The predicted octanol–water partition coefficient (Wildman–Crippen LogP) is 2.16. The number of carboxylic acid groups (broad SMARTS) is 1. The highest BCUT2D eigenvalue weighted by molar-refractivity contribution is 6.43. The highest BCUT2D eigenvalue weighted by Gasteiger charge is 2.31. The Bertz CT molecular complexity index is 847. The van der Waals surface area contributed by atoms with Crippen LogP contribution in [0.25, 0.3) is 11.4 Å². The Morgan fingerprint density at radius 1 is 1.32 bits per heavy atom. The number of carboxylic acids is 1. The molecule has 2 aromatic rings. The van der Waals surface area contributed by atoms with Crippen LogP contribution in [0.3, 0.4) is 0 Å². The quantitative estimate of drug-likeness (QED) is 0.664. The Hall–Kier alpha value is -2.65. The molecule has 1 aliphatic rings. The minimum atomic E-state index is -0.972. The maximum atomic E-state index is 11.2. The van der Waals surface area contributed by atoms with Crippen LogP contribution in [0.2, 0.25) is 6.32 Å². The van der Waals surface area contributed by atoms with Gasteiger partial charge in [0.2, 0.25) is 0 Å². The molecule has 28 heavy (non-hydrogen) atoms. The molecule has 0 amide bonds. The zero-order chi connectivity index (χ0) is 20.1.